The van der Waals surface area contributed by atoms with Gasteiger partial charge in [0.25, 0.3) is 0 Å². The summed E-state index contributed by atoms with van der Waals surface area (Å²) in [4.78, 5) is 4.26. The van der Waals surface area contributed by atoms with Crippen molar-refractivity contribution in [1.29, 1.82) is 0 Å². The maximum Gasteiger partial charge on any atom is 0.140 e. The highest BCUT2D eigenvalue weighted by atomic mass is 35.5. The zero-order chi connectivity index (χ0) is 17.3. The molecule has 4 rings (SSSR count). The Morgan fingerprint density at radius 2 is 1.44 bits per heavy atom. The number of aromatic amines is 1. The monoisotopic (exact) mass is 368 g/mol. The number of aromatic nitrogens is 4. The van der Waals surface area contributed by atoms with E-state index in [0.29, 0.717) is 10.0 Å². The Labute approximate surface area is 155 Å². The van der Waals surface area contributed by atoms with E-state index in [1.165, 1.54) is 0 Å². The highest BCUT2D eigenvalue weighted by Gasteiger charge is 2.40. The van der Waals surface area contributed by atoms with E-state index < -0.39 is 5.54 Å². The number of halogens is 2. The molecule has 6 heteroatoms. The minimum atomic E-state index is -0.689. The molecule has 0 aliphatic rings. The van der Waals surface area contributed by atoms with Gasteiger partial charge < -0.3 is 4.57 Å². The van der Waals surface area contributed by atoms with Gasteiger partial charge >= 0.3 is 0 Å². The predicted octanol–water partition coefficient (Wildman–Crippen LogP) is 4.75. The molecule has 4 nitrogen and oxygen atoms in total. The van der Waals surface area contributed by atoms with Crippen molar-refractivity contribution in [3.63, 3.8) is 0 Å². The molecule has 0 fully saturated rings. The third-order valence-corrected chi connectivity index (χ3v) is 4.79. The van der Waals surface area contributed by atoms with Crippen LogP contribution in [0.1, 0.15) is 16.8 Å². The summed E-state index contributed by atoms with van der Waals surface area (Å²) in [6.07, 6.45) is 7.29. The lowest BCUT2D eigenvalue weighted by atomic mass is 9.79. The molecule has 0 saturated carbocycles. The minimum absolute atomic E-state index is 0.682. The van der Waals surface area contributed by atoms with Gasteiger partial charge in [-0.1, -0.05) is 47.5 Å². The number of H-pyrrole nitrogens is 1. The molecular weight excluding hydrogens is 355 g/mol. The topological polar surface area (TPSA) is 46.5 Å². The van der Waals surface area contributed by atoms with Crippen molar-refractivity contribution in [2.24, 2.45) is 0 Å². The van der Waals surface area contributed by atoms with Crippen LogP contribution in [0.4, 0.5) is 0 Å². The molecule has 0 amide bonds. The van der Waals surface area contributed by atoms with E-state index in [1.807, 2.05) is 71.6 Å². The average Bonchev–Trinajstić information content (AvgIpc) is 3.33. The standard InChI is InChI=1S/C19H14Cl2N4/c20-16-5-1-14(2-6-16)19(18-9-10-23-24-18,25-12-11-22-13-25)15-3-7-17(21)8-4-15/h1-13H,(H,23,24). The normalized spacial score (nSPS) is 11.6. The summed E-state index contributed by atoms with van der Waals surface area (Å²) in [5, 5.41) is 8.79. The maximum atomic E-state index is 6.12. The van der Waals surface area contributed by atoms with Gasteiger partial charge in [0.2, 0.25) is 0 Å². The van der Waals surface area contributed by atoms with Crippen molar-refractivity contribution in [3.8, 4) is 0 Å². The summed E-state index contributed by atoms with van der Waals surface area (Å²) in [6.45, 7) is 0. The van der Waals surface area contributed by atoms with E-state index in [-0.39, 0.29) is 0 Å². The van der Waals surface area contributed by atoms with E-state index in [4.69, 9.17) is 23.2 Å². The van der Waals surface area contributed by atoms with Gasteiger partial charge in [0.15, 0.2) is 0 Å². The van der Waals surface area contributed by atoms with Crippen LogP contribution in [0.15, 0.2) is 79.5 Å². The lowest BCUT2D eigenvalue weighted by Gasteiger charge is -2.35. The second-order valence-electron chi connectivity index (χ2n) is 5.65. The second-order valence-corrected chi connectivity index (χ2v) is 6.53. The van der Waals surface area contributed by atoms with Gasteiger partial charge in [0, 0.05) is 28.6 Å². The number of rotatable bonds is 4. The predicted molar refractivity (Wildman–Crippen MR) is 99.0 cm³/mol. The lowest BCUT2D eigenvalue weighted by molar-refractivity contribution is 0.498. The van der Waals surface area contributed by atoms with E-state index >= 15 is 0 Å². The molecule has 0 saturated heterocycles. The van der Waals surface area contributed by atoms with Crippen molar-refractivity contribution in [3.05, 3.63) is 106 Å². The number of hydrogen-bond donors (Lipinski definition) is 1. The molecular formula is C19H14Cl2N4. The first-order valence-electron chi connectivity index (χ1n) is 7.72. The van der Waals surface area contributed by atoms with Gasteiger partial charge in [0.05, 0.1) is 12.0 Å². The fraction of sp³-hybridized carbons (Fsp3) is 0.0526. The van der Waals surface area contributed by atoms with Crippen molar-refractivity contribution in [2.45, 2.75) is 5.54 Å². The zero-order valence-electron chi connectivity index (χ0n) is 13.1. The molecule has 0 bridgehead atoms. The molecule has 25 heavy (non-hydrogen) atoms. The molecule has 0 aliphatic carbocycles. The molecule has 2 aromatic heterocycles. The SMILES string of the molecule is Clc1ccc(C(c2ccc(Cl)cc2)(c2cc[nH]n2)n2ccnc2)cc1. The number of nitrogens with zero attached hydrogens (tertiary/aromatic N) is 3. The molecule has 2 heterocycles. The van der Waals surface area contributed by atoms with Gasteiger partial charge in [-0.3, -0.25) is 5.10 Å². The van der Waals surface area contributed by atoms with Crippen LogP contribution >= 0.6 is 23.2 Å². The average molecular weight is 369 g/mol. The second kappa shape index (κ2) is 6.39. The van der Waals surface area contributed by atoms with Gasteiger partial charge in [-0.15, -0.1) is 0 Å². The fourth-order valence-electron chi connectivity index (χ4n) is 3.19. The summed E-state index contributed by atoms with van der Waals surface area (Å²) in [7, 11) is 0. The number of imidazole rings is 1. The lowest BCUT2D eigenvalue weighted by Crippen LogP contribution is -2.37. The number of nitrogens with one attached hydrogen (secondary N) is 1. The maximum absolute atomic E-state index is 6.12. The number of benzene rings is 2. The Bertz CT molecular complexity index is 862. The van der Waals surface area contributed by atoms with Crippen LogP contribution in [0.5, 0.6) is 0 Å². The Morgan fingerprint density at radius 3 is 1.88 bits per heavy atom. The molecule has 0 radical (unpaired) electrons. The summed E-state index contributed by atoms with van der Waals surface area (Å²) < 4.78 is 2.04. The van der Waals surface area contributed by atoms with Gasteiger partial charge in [-0.25, -0.2) is 4.98 Å². The van der Waals surface area contributed by atoms with Gasteiger partial charge in [-0.2, -0.15) is 5.10 Å². The first-order valence-corrected chi connectivity index (χ1v) is 8.47. The van der Waals surface area contributed by atoms with Crippen LogP contribution in [0.2, 0.25) is 10.0 Å². The molecule has 2 aromatic carbocycles. The van der Waals surface area contributed by atoms with Crippen LogP contribution in [0.3, 0.4) is 0 Å². The van der Waals surface area contributed by atoms with Gasteiger partial charge in [0.1, 0.15) is 5.54 Å². The molecule has 124 valence electrons. The smallest absolute Gasteiger partial charge is 0.140 e. The minimum Gasteiger partial charge on any atom is -0.317 e. The molecule has 1 N–H and O–H groups in total. The highest BCUT2D eigenvalue weighted by Crippen LogP contribution is 2.40. The van der Waals surface area contributed by atoms with Crippen LogP contribution in [-0.4, -0.2) is 19.7 Å². The Morgan fingerprint density at radius 1 is 0.840 bits per heavy atom. The third kappa shape index (κ3) is 2.64. The van der Waals surface area contributed by atoms with E-state index in [1.54, 1.807) is 12.5 Å². The van der Waals surface area contributed by atoms with Crippen molar-refractivity contribution in [1.82, 2.24) is 19.7 Å². The first kappa shape index (κ1) is 15.9. The summed E-state index contributed by atoms with van der Waals surface area (Å²) in [5.74, 6) is 0. The zero-order valence-corrected chi connectivity index (χ0v) is 14.6. The molecule has 0 unspecified atom stereocenters. The van der Waals surface area contributed by atoms with E-state index in [9.17, 15) is 0 Å². The quantitative estimate of drug-likeness (QED) is 0.564. The molecule has 0 aliphatic heterocycles. The van der Waals surface area contributed by atoms with E-state index in [0.717, 1.165) is 16.8 Å². The first-order chi connectivity index (χ1) is 12.2. The van der Waals surface area contributed by atoms with Crippen LogP contribution in [-0.2, 0) is 5.54 Å². The van der Waals surface area contributed by atoms with Crippen molar-refractivity contribution in [2.75, 3.05) is 0 Å². The molecule has 4 aromatic rings. The third-order valence-electron chi connectivity index (χ3n) is 4.29. The van der Waals surface area contributed by atoms with Crippen molar-refractivity contribution >= 4 is 23.2 Å². The highest BCUT2D eigenvalue weighted by molar-refractivity contribution is 6.30. The molecule has 0 atom stereocenters. The summed E-state index contributed by atoms with van der Waals surface area (Å²) >= 11 is 12.2. The Balaban J connectivity index is 2.08. The number of hydrogen-bond acceptors (Lipinski definition) is 2. The fourth-order valence-corrected chi connectivity index (χ4v) is 3.45. The van der Waals surface area contributed by atoms with Gasteiger partial charge in [-0.05, 0) is 41.5 Å². The van der Waals surface area contributed by atoms with Crippen LogP contribution in [0.25, 0.3) is 0 Å². The van der Waals surface area contributed by atoms with Crippen molar-refractivity contribution < 1.29 is 0 Å². The van der Waals surface area contributed by atoms with Crippen LogP contribution < -0.4 is 0 Å². The summed E-state index contributed by atoms with van der Waals surface area (Å²) in [6, 6.07) is 17.5. The Kier molecular flexibility index (Phi) is 4.07. The van der Waals surface area contributed by atoms with Crippen LogP contribution in [0, 0.1) is 0 Å². The summed E-state index contributed by atoms with van der Waals surface area (Å²) in [5.41, 5.74) is 2.19. The molecule has 0 spiro atoms. The van der Waals surface area contributed by atoms with E-state index in [2.05, 4.69) is 15.2 Å². The Hall–Kier alpha value is -2.56. The largest absolute Gasteiger partial charge is 0.317 e.